The van der Waals surface area contributed by atoms with Crippen LogP contribution >= 0.6 is 0 Å². The summed E-state index contributed by atoms with van der Waals surface area (Å²) < 4.78 is 61.3. The van der Waals surface area contributed by atoms with Crippen LogP contribution in [0.4, 0.5) is 13.2 Å². The molecule has 1 fully saturated rings. The van der Waals surface area contributed by atoms with E-state index in [9.17, 15) is 21.6 Å². The molecule has 0 atom stereocenters. The summed E-state index contributed by atoms with van der Waals surface area (Å²) in [6, 6.07) is 6.23. The van der Waals surface area contributed by atoms with Crippen LogP contribution in [0.5, 0.6) is 0 Å². The summed E-state index contributed by atoms with van der Waals surface area (Å²) in [5, 5.41) is 6.36. The lowest BCUT2D eigenvalue weighted by molar-refractivity contribution is -0.0494. The number of guanidine groups is 1. The standard InChI is InChI=1S/C18H27F3N4O2S/c1-13-10-14(2)12-15(11-13)4-7-23-17(22-3)24-16-5-8-25(9-6-16)28(26,27)18(19,20)21/h10-12,16H,4-9H2,1-3H3,(H2,22,23,24). The Morgan fingerprint density at radius 2 is 1.75 bits per heavy atom. The molecule has 6 nitrogen and oxygen atoms in total. The van der Waals surface area contributed by atoms with Gasteiger partial charge in [0.05, 0.1) is 0 Å². The van der Waals surface area contributed by atoms with Crippen molar-refractivity contribution in [1.82, 2.24) is 14.9 Å². The van der Waals surface area contributed by atoms with Gasteiger partial charge >= 0.3 is 15.5 Å². The number of aryl methyl sites for hydroxylation is 2. The fourth-order valence-electron chi connectivity index (χ4n) is 3.31. The third-order valence-electron chi connectivity index (χ3n) is 4.64. The van der Waals surface area contributed by atoms with E-state index in [4.69, 9.17) is 0 Å². The SMILES string of the molecule is CN=C(NCCc1cc(C)cc(C)c1)NC1CCN(S(=O)(=O)C(F)(F)F)CC1. The number of benzene rings is 1. The third kappa shape index (κ3) is 5.84. The Labute approximate surface area is 164 Å². The molecule has 0 aromatic heterocycles. The van der Waals surface area contributed by atoms with Crippen LogP contribution in [0.2, 0.25) is 0 Å². The second-order valence-corrected chi connectivity index (χ2v) is 8.94. The number of halogens is 3. The number of nitrogens with zero attached hydrogens (tertiary/aromatic N) is 2. The molecule has 1 aromatic rings. The fourth-order valence-corrected chi connectivity index (χ4v) is 4.30. The first kappa shape index (κ1) is 22.5. The molecule has 1 aliphatic rings. The van der Waals surface area contributed by atoms with Crippen LogP contribution in [0.3, 0.4) is 0 Å². The van der Waals surface area contributed by atoms with Gasteiger partial charge in [-0.3, -0.25) is 4.99 Å². The maximum absolute atomic E-state index is 12.6. The Morgan fingerprint density at radius 3 is 2.25 bits per heavy atom. The first-order valence-electron chi connectivity index (χ1n) is 9.13. The van der Waals surface area contributed by atoms with Gasteiger partial charge in [0.15, 0.2) is 5.96 Å². The summed E-state index contributed by atoms with van der Waals surface area (Å²) in [6.45, 7) is 4.42. The summed E-state index contributed by atoms with van der Waals surface area (Å²) >= 11 is 0. The quantitative estimate of drug-likeness (QED) is 0.567. The molecule has 10 heteroatoms. The van der Waals surface area contributed by atoms with Crippen LogP contribution in [0.15, 0.2) is 23.2 Å². The van der Waals surface area contributed by atoms with Gasteiger partial charge < -0.3 is 10.6 Å². The van der Waals surface area contributed by atoms with Crippen molar-refractivity contribution < 1.29 is 21.6 Å². The van der Waals surface area contributed by atoms with E-state index in [1.807, 2.05) is 0 Å². The van der Waals surface area contributed by atoms with Crippen molar-refractivity contribution >= 4 is 16.0 Å². The number of hydrogen-bond acceptors (Lipinski definition) is 3. The summed E-state index contributed by atoms with van der Waals surface area (Å²) in [7, 11) is -3.63. The van der Waals surface area contributed by atoms with Crippen molar-refractivity contribution in [2.45, 2.75) is 44.7 Å². The van der Waals surface area contributed by atoms with E-state index in [2.05, 4.69) is 47.7 Å². The molecular weight excluding hydrogens is 393 g/mol. The number of rotatable bonds is 5. The van der Waals surface area contributed by atoms with Gasteiger partial charge in [0.25, 0.3) is 0 Å². The average molecular weight is 421 g/mol. The summed E-state index contributed by atoms with van der Waals surface area (Å²) in [5.41, 5.74) is -1.62. The van der Waals surface area contributed by atoms with Crippen molar-refractivity contribution in [2.24, 2.45) is 4.99 Å². The molecule has 1 saturated heterocycles. The Kier molecular flexibility index (Phi) is 7.33. The zero-order chi connectivity index (χ0) is 20.9. The largest absolute Gasteiger partial charge is 0.511 e. The number of hydrogen-bond donors (Lipinski definition) is 2. The zero-order valence-electron chi connectivity index (χ0n) is 16.3. The number of piperidine rings is 1. The molecular formula is C18H27F3N4O2S. The van der Waals surface area contributed by atoms with Gasteiger partial charge in [-0.05, 0) is 38.7 Å². The molecule has 0 bridgehead atoms. The number of sulfonamides is 1. The normalized spacial score (nSPS) is 17.6. The second-order valence-electron chi connectivity index (χ2n) is 7.01. The number of aliphatic imine (C=N–C) groups is 1. The maximum Gasteiger partial charge on any atom is 0.511 e. The van der Waals surface area contributed by atoms with Crippen LogP contribution in [-0.4, -0.2) is 56.9 Å². The molecule has 0 unspecified atom stereocenters. The zero-order valence-corrected chi connectivity index (χ0v) is 17.1. The maximum atomic E-state index is 12.6. The van der Waals surface area contributed by atoms with Crippen LogP contribution in [-0.2, 0) is 16.4 Å². The van der Waals surface area contributed by atoms with E-state index < -0.39 is 15.5 Å². The molecule has 0 radical (unpaired) electrons. The van der Waals surface area contributed by atoms with E-state index in [0.717, 1.165) is 6.42 Å². The monoisotopic (exact) mass is 420 g/mol. The highest BCUT2D eigenvalue weighted by molar-refractivity contribution is 7.90. The fraction of sp³-hybridized carbons (Fsp3) is 0.611. The second kappa shape index (κ2) is 9.13. The molecule has 0 saturated carbocycles. The smallest absolute Gasteiger partial charge is 0.356 e. The first-order chi connectivity index (χ1) is 13.0. The van der Waals surface area contributed by atoms with Crippen molar-refractivity contribution in [3.05, 3.63) is 34.9 Å². The minimum Gasteiger partial charge on any atom is -0.356 e. The van der Waals surface area contributed by atoms with Crippen LogP contribution < -0.4 is 10.6 Å². The molecule has 28 heavy (non-hydrogen) atoms. The Hall–Kier alpha value is -1.81. The van der Waals surface area contributed by atoms with Crippen molar-refractivity contribution in [1.29, 1.82) is 0 Å². The molecule has 1 aliphatic heterocycles. The van der Waals surface area contributed by atoms with E-state index in [1.165, 1.54) is 16.7 Å². The minimum atomic E-state index is -5.25. The topological polar surface area (TPSA) is 73.8 Å². The summed E-state index contributed by atoms with van der Waals surface area (Å²) in [6.07, 6.45) is 1.38. The molecule has 0 amide bonds. The molecule has 0 aliphatic carbocycles. The Morgan fingerprint density at radius 1 is 1.18 bits per heavy atom. The first-order valence-corrected chi connectivity index (χ1v) is 10.6. The average Bonchev–Trinajstić information content (AvgIpc) is 2.59. The highest BCUT2D eigenvalue weighted by Crippen LogP contribution is 2.28. The van der Waals surface area contributed by atoms with Gasteiger partial charge in [-0.2, -0.15) is 17.5 Å². The number of alkyl halides is 3. The van der Waals surface area contributed by atoms with Crippen LogP contribution in [0, 0.1) is 13.8 Å². The van der Waals surface area contributed by atoms with Gasteiger partial charge in [-0.25, -0.2) is 8.42 Å². The van der Waals surface area contributed by atoms with Gasteiger partial charge in [-0.1, -0.05) is 29.3 Å². The molecule has 1 heterocycles. The molecule has 158 valence electrons. The van der Waals surface area contributed by atoms with E-state index in [0.29, 0.717) is 16.8 Å². The van der Waals surface area contributed by atoms with Gasteiger partial charge in [0, 0.05) is 32.7 Å². The lowest BCUT2D eigenvalue weighted by Gasteiger charge is -2.32. The van der Waals surface area contributed by atoms with E-state index in [1.54, 1.807) is 7.05 Å². The van der Waals surface area contributed by atoms with Gasteiger partial charge in [0.1, 0.15) is 0 Å². The number of nitrogens with one attached hydrogen (secondary N) is 2. The lowest BCUT2D eigenvalue weighted by Crippen LogP contribution is -2.51. The molecule has 2 rings (SSSR count). The van der Waals surface area contributed by atoms with Crippen molar-refractivity contribution in [2.75, 3.05) is 26.7 Å². The molecule has 0 spiro atoms. The highest BCUT2D eigenvalue weighted by Gasteiger charge is 2.50. The summed E-state index contributed by atoms with van der Waals surface area (Å²) in [5.74, 6) is 0.557. The lowest BCUT2D eigenvalue weighted by atomic mass is 10.1. The van der Waals surface area contributed by atoms with Crippen LogP contribution in [0.1, 0.15) is 29.5 Å². The molecule has 2 N–H and O–H groups in total. The predicted octanol–water partition coefficient (Wildman–Crippen LogP) is 2.32. The minimum absolute atomic E-state index is 0.132. The van der Waals surface area contributed by atoms with Crippen LogP contribution in [0.25, 0.3) is 0 Å². The highest BCUT2D eigenvalue weighted by atomic mass is 32.2. The van der Waals surface area contributed by atoms with Gasteiger partial charge in [0.2, 0.25) is 0 Å². The third-order valence-corrected chi connectivity index (χ3v) is 6.27. The Bertz CT molecular complexity index is 781. The van der Waals surface area contributed by atoms with Crippen molar-refractivity contribution in [3.63, 3.8) is 0 Å². The van der Waals surface area contributed by atoms with Gasteiger partial charge in [-0.15, -0.1) is 0 Å². The van der Waals surface area contributed by atoms with E-state index >= 15 is 0 Å². The molecule has 1 aromatic carbocycles. The van der Waals surface area contributed by atoms with Crippen molar-refractivity contribution in [3.8, 4) is 0 Å². The predicted molar refractivity (Wildman–Crippen MR) is 104 cm³/mol. The van der Waals surface area contributed by atoms with E-state index in [-0.39, 0.29) is 32.0 Å². The Balaban J connectivity index is 1.81. The summed E-state index contributed by atoms with van der Waals surface area (Å²) in [4.78, 5) is 4.14.